The second-order valence-corrected chi connectivity index (χ2v) is 10.9. The predicted octanol–water partition coefficient (Wildman–Crippen LogP) is 4.22. The van der Waals surface area contributed by atoms with Crippen LogP contribution in [0.15, 0.2) is 30.7 Å². The number of ether oxygens (including phenoxy) is 2. The van der Waals surface area contributed by atoms with Crippen molar-refractivity contribution in [3.63, 3.8) is 0 Å². The normalized spacial score (nSPS) is 15.4. The number of rotatable bonds is 5. The Hall–Kier alpha value is -4.40. The third kappa shape index (κ3) is 5.30. The molecule has 5 rings (SSSR count). The zero-order chi connectivity index (χ0) is 27.9. The highest BCUT2D eigenvalue weighted by Gasteiger charge is 2.29. The fourth-order valence-electron chi connectivity index (χ4n) is 4.86. The molecule has 1 amide bonds. The summed E-state index contributed by atoms with van der Waals surface area (Å²) in [5, 5.41) is 27.5. The quantitative estimate of drug-likeness (QED) is 0.374. The summed E-state index contributed by atoms with van der Waals surface area (Å²) in [5.74, 6) is 0.513. The summed E-state index contributed by atoms with van der Waals surface area (Å²) in [6.07, 6.45) is 6.10. The fourth-order valence-corrected chi connectivity index (χ4v) is 4.86. The topological polar surface area (TPSA) is 128 Å². The van der Waals surface area contributed by atoms with Crippen LogP contribution in [0.1, 0.15) is 69.6 Å². The van der Waals surface area contributed by atoms with Crippen molar-refractivity contribution in [1.82, 2.24) is 39.3 Å². The van der Waals surface area contributed by atoms with Crippen LogP contribution < -0.4 is 4.74 Å². The molecule has 1 aliphatic heterocycles. The largest absolute Gasteiger partial charge is 0.482 e. The Morgan fingerprint density at radius 1 is 1.26 bits per heavy atom. The van der Waals surface area contributed by atoms with Crippen molar-refractivity contribution in [3.8, 4) is 23.1 Å². The van der Waals surface area contributed by atoms with Gasteiger partial charge in [0.15, 0.2) is 0 Å². The van der Waals surface area contributed by atoms with Gasteiger partial charge >= 0.3 is 6.09 Å². The maximum Gasteiger partial charge on any atom is 0.410 e. The number of nitriles is 1. The summed E-state index contributed by atoms with van der Waals surface area (Å²) in [6.45, 7) is 10.7. The van der Waals surface area contributed by atoms with Gasteiger partial charge in [-0.1, -0.05) is 5.21 Å². The summed E-state index contributed by atoms with van der Waals surface area (Å²) < 4.78 is 17.2. The van der Waals surface area contributed by atoms with Crippen LogP contribution in [-0.2, 0) is 11.8 Å². The van der Waals surface area contributed by atoms with E-state index in [9.17, 15) is 10.1 Å². The molecule has 0 spiro atoms. The van der Waals surface area contributed by atoms with Crippen LogP contribution in [0.3, 0.4) is 0 Å². The van der Waals surface area contributed by atoms with Gasteiger partial charge in [-0.05, 0) is 59.6 Å². The number of fused-ring (bicyclic) bond motifs is 1. The highest BCUT2D eigenvalue weighted by molar-refractivity contribution is 5.75. The summed E-state index contributed by atoms with van der Waals surface area (Å²) in [7, 11) is 1.85. The Kier molecular flexibility index (Phi) is 6.76. The van der Waals surface area contributed by atoms with Crippen molar-refractivity contribution < 1.29 is 14.3 Å². The van der Waals surface area contributed by atoms with Crippen molar-refractivity contribution in [2.24, 2.45) is 7.05 Å². The maximum absolute atomic E-state index is 12.5. The minimum absolute atomic E-state index is 0.114. The molecule has 1 saturated heterocycles. The van der Waals surface area contributed by atoms with Crippen LogP contribution in [0.4, 0.5) is 4.79 Å². The van der Waals surface area contributed by atoms with Crippen LogP contribution in [0, 0.1) is 18.3 Å². The molecule has 5 heterocycles. The molecule has 0 radical (unpaired) electrons. The molecule has 0 aliphatic carbocycles. The van der Waals surface area contributed by atoms with E-state index in [-0.39, 0.29) is 18.2 Å². The van der Waals surface area contributed by atoms with E-state index in [2.05, 4.69) is 26.6 Å². The maximum atomic E-state index is 12.5. The molecular weight excluding hydrogens is 498 g/mol. The summed E-state index contributed by atoms with van der Waals surface area (Å²) >= 11 is 0. The van der Waals surface area contributed by atoms with E-state index in [1.54, 1.807) is 14.1 Å². The van der Waals surface area contributed by atoms with Crippen molar-refractivity contribution >= 4 is 11.6 Å². The number of amides is 1. The van der Waals surface area contributed by atoms with Gasteiger partial charge in [0, 0.05) is 38.1 Å². The van der Waals surface area contributed by atoms with Crippen LogP contribution in [0.2, 0.25) is 0 Å². The molecular formula is C27H33N9O3. The zero-order valence-corrected chi connectivity index (χ0v) is 23.1. The van der Waals surface area contributed by atoms with E-state index in [4.69, 9.17) is 9.47 Å². The Balaban J connectivity index is 1.41. The first kappa shape index (κ1) is 26.2. The van der Waals surface area contributed by atoms with E-state index in [1.807, 2.05) is 70.9 Å². The lowest BCUT2D eigenvalue weighted by molar-refractivity contribution is 0.0184. The van der Waals surface area contributed by atoms with Gasteiger partial charge in [0.1, 0.15) is 46.0 Å². The molecule has 1 fully saturated rings. The van der Waals surface area contributed by atoms with Gasteiger partial charge in [-0.25, -0.2) is 14.0 Å². The zero-order valence-electron chi connectivity index (χ0n) is 23.1. The molecule has 204 valence electrons. The molecule has 0 saturated carbocycles. The number of piperidine rings is 1. The molecule has 39 heavy (non-hydrogen) atoms. The Bertz CT molecular complexity index is 1540. The molecule has 0 unspecified atom stereocenters. The molecule has 4 aromatic rings. The summed E-state index contributed by atoms with van der Waals surface area (Å²) in [6, 6.07) is 6.09. The third-order valence-electron chi connectivity index (χ3n) is 6.81. The number of aromatic nitrogens is 7. The van der Waals surface area contributed by atoms with Crippen molar-refractivity contribution in [2.75, 3.05) is 13.1 Å². The third-order valence-corrected chi connectivity index (χ3v) is 6.81. The lowest BCUT2D eigenvalue weighted by atomic mass is 10.0. The second-order valence-electron chi connectivity index (χ2n) is 10.9. The Labute approximate surface area is 226 Å². The van der Waals surface area contributed by atoms with Gasteiger partial charge < -0.3 is 14.4 Å². The molecule has 12 heteroatoms. The standard InChI is InChI=1S/C27H33N9O3/c1-17-24(30-32-36(17)21-7-11-34(12-8-21)26(37)39-27(3,4)5)19-13-23(25-20(14-28)15-29-35(25)16-19)38-18(2)22-9-10-33(6)31-22/h9-10,13,15-16,18,21H,7-8,11-12H2,1-6H3/t18-/m1/s1. The fraction of sp³-hybridized carbons (Fsp3) is 0.481. The summed E-state index contributed by atoms with van der Waals surface area (Å²) in [5.41, 5.74) is 3.64. The van der Waals surface area contributed by atoms with Gasteiger partial charge in [-0.3, -0.25) is 4.68 Å². The number of pyridine rings is 1. The van der Waals surface area contributed by atoms with Gasteiger partial charge in [-0.2, -0.15) is 15.5 Å². The number of hydrogen-bond donors (Lipinski definition) is 0. The lowest BCUT2D eigenvalue weighted by Gasteiger charge is -2.33. The number of aryl methyl sites for hydroxylation is 1. The van der Waals surface area contributed by atoms with Gasteiger partial charge in [0.2, 0.25) is 0 Å². The van der Waals surface area contributed by atoms with E-state index >= 15 is 0 Å². The lowest BCUT2D eigenvalue weighted by Crippen LogP contribution is -2.42. The van der Waals surface area contributed by atoms with Crippen LogP contribution in [0.5, 0.6) is 5.75 Å². The average molecular weight is 532 g/mol. The molecule has 4 aromatic heterocycles. The van der Waals surface area contributed by atoms with E-state index in [0.717, 1.165) is 29.8 Å². The SMILES string of the molecule is Cc1c(-c2cc(O[C@H](C)c3ccn(C)n3)c3c(C#N)cnn3c2)nnn1C1CCN(C(=O)OC(C)(C)C)CC1. The molecule has 1 aliphatic rings. The molecule has 0 N–H and O–H groups in total. The average Bonchev–Trinajstić information content (AvgIpc) is 3.61. The molecule has 0 bridgehead atoms. The van der Waals surface area contributed by atoms with Crippen LogP contribution >= 0.6 is 0 Å². The van der Waals surface area contributed by atoms with E-state index in [1.165, 1.54) is 6.20 Å². The number of nitrogens with zero attached hydrogens (tertiary/aromatic N) is 9. The number of carbonyl (C=O) groups excluding carboxylic acids is 1. The van der Waals surface area contributed by atoms with Gasteiger partial charge in [-0.15, -0.1) is 5.10 Å². The van der Waals surface area contributed by atoms with Gasteiger partial charge in [0.05, 0.1) is 17.9 Å². The number of hydrogen-bond acceptors (Lipinski definition) is 8. The first-order valence-electron chi connectivity index (χ1n) is 13.0. The Morgan fingerprint density at radius 2 is 2.00 bits per heavy atom. The van der Waals surface area contributed by atoms with Crippen molar-refractivity contribution in [2.45, 2.75) is 65.2 Å². The van der Waals surface area contributed by atoms with Crippen molar-refractivity contribution in [3.05, 3.63) is 47.7 Å². The number of carbonyl (C=O) groups is 1. The second kappa shape index (κ2) is 10.1. The molecule has 12 nitrogen and oxygen atoms in total. The van der Waals surface area contributed by atoms with Crippen LogP contribution in [-0.4, -0.2) is 64.1 Å². The highest BCUT2D eigenvalue weighted by Crippen LogP contribution is 2.34. The predicted molar refractivity (Wildman–Crippen MR) is 142 cm³/mol. The first-order valence-corrected chi connectivity index (χ1v) is 13.0. The Morgan fingerprint density at radius 3 is 2.64 bits per heavy atom. The monoisotopic (exact) mass is 531 g/mol. The van der Waals surface area contributed by atoms with Gasteiger partial charge in [0.25, 0.3) is 0 Å². The van der Waals surface area contributed by atoms with E-state index < -0.39 is 5.60 Å². The summed E-state index contributed by atoms with van der Waals surface area (Å²) in [4.78, 5) is 14.2. The van der Waals surface area contributed by atoms with Crippen molar-refractivity contribution in [1.29, 1.82) is 5.26 Å². The first-order chi connectivity index (χ1) is 18.5. The van der Waals surface area contributed by atoms with E-state index in [0.29, 0.717) is 35.6 Å². The molecule has 1 atom stereocenters. The smallest absolute Gasteiger partial charge is 0.410 e. The highest BCUT2D eigenvalue weighted by atomic mass is 16.6. The minimum atomic E-state index is -0.521. The van der Waals surface area contributed by atoms with Crippen LogP contribution in [0.25, 0.3) is 16.8 Å². The minimum Gasteiger partial charge on any atom is -0.482 e. The number of likely N-dealkylation sites (tertiary alicyclic amines) is 1. The molecule has 0 aromatic carbocycles.